The molecule has 0 aliphatic carbocycles. The number of benzene rings is 3. The smallest absolute Gasteiger partial charge is 0.344 e. The van der Waals surface area contributed by atoms with Gasteiger partial charge in [0.15, 0.2) is 11.2 Å². The zero-order chi connectivity index (χ0) is 23.8. The van der Waals surface area contributed by atoms with Crippen LogP contribution in [-0.4, -0.2) is 15.9 Å². The van der Waals surface area contributed by atoms with Crippen molar-refractivity contribution in [2.75, 3.05) is 5.32 Å². The van der Waals surface area contributed by atoms with Crippen LogP contribution in [0.3, 0.4) is 0 Å². The maximum absolute atomic E-state index is 13.0. The molecule has 0 atom stereocenters. The maximum Gasteiger partial charge on any atom is 0.344 e. The lowest BCUT2D eigenvalue weighted by Crippen LogP contribution is -2.12. The van der Waals surface area contributed by atoms with Crippen molar-refractivity contribution in [2.24, 2.45) is 0 Å². The molecule has 0 aliphatic rings. The minimum absolute atomic E-state index is 0.312. The maximum atomic E-state index is 13.0. The Kier molecular flexibility index (Phi) is 4.93. The number of nitrogens with zero attached hydrogens (tertiary/aromatic N) is 2. The van der Waals surface area contributed by atoms with Gasteiger partial charge in [-0.2, -0.15) is 4.98 Å². The highest BCUT2D eigenvalue weighted by Gasteiger charge is 2.13. The summed E-state index contributed by atoms with van der Waals surface area (Å²) in [4.78, 5) is 34.2. The molecule has 3 heterocycles. The minimum Gasteiger partial charge on any atom is -0.434 e. The number of fused-ring (bicyclic) bond motifs is 2. The highest BCUT2D eigenvalue weighted by Crippen LogP contribution is 2.26. The Hall–Kier alpha value is -5.04. The zero-order valence-electron chi connectivity index (χ0n) is 18.3. The van der Waals surface area contributed by atoms with E-state index >= 15 is 0 Å². The average Bonchev–Trinajstić information content (AvgIpc) is 3.33. The summed E-state index contributed by atoms with van der Waals surface area (Å²) in [5.74, 6) is 0.105. The van der Waals surface area contributed by atoms with Gasteiger partial charge < -0.3 is 14.2 Å². The van der Waals surface area contributed by atoms with Crippen molar-refractivity contribution < 1.29 is 13.6 Å². The molecule has 0 saturated carbocycles. The van der Waals surface area contributed by atoms with Gasteiger partial charge in [0.05, 0.1) is 5.56 Å². The van der Waals surface area contributed by atoms with Crippen molar-refractivity contribution in [1.29, 1.82) is 0 Å². The van der Waals surface area contributed by atoms with Gasteiger partial charge in [0, 0.05) is 28.4 Å². The summed E-state index contributed by atoms with van der Waals surface area (Å²) in [7, 11) is 0. The second kappa shape index (κ2) is 8.39. The van der Waals surface area contributed by atoms with Crippen LogP contribution in [0.5, 0.6) is 0 Å². The molecule has 168 valence electrons. The van der Waals surface area contributed by atoms with E-state index in [9.17, 15) is 9.59 Å². The number of hydrogen-bond donors (Lipinski definition) is 1. The van der Waals surface area contributed by atoms with Crippen molar-refractivity contribution >= 4 is 33.8 Å². The monoisotopic (exact) mass is 459 g/mol. The molecular formula is C28H17N3O4. The van der Waals surface area contributed by atoms with E-state index in [4.69, 9.17) is 8.83 Å². The molecule has 0 saturated heterocycles. The van der Waals surface area contributed by atoms with Crippen LogP contribution in [0.4, 0.5) is 5.69 Å². The summed E-state index contributed by atoms with van der Waals surface area (Å²) in [5, 5.41) is 3.71. The van der Waals surface area contributed by atoms with Gasteiger partial charge in [0.1, 0.15) is 5.58 Å². The Bertz CT molecular complexity index is 1750. The van der Waals surface area contributed by atoms with Gasteiger partial charge in [0.2, 0.25) is 5.89 Å². The Morgan fingerprint density at radius 2 is 1.60 bits per heavy atom. The number of aromatic nitrogens is 2. The normalized spacial score (nSPS) is 11.1. The number of carbonyl (C=O) groups excluding carboxylic acids is 1. The van der Waals surface area contributed by atoms with Gasteiger partial charge in [-0.25, -0.2) is 9.78 Å². The predicted octanol–water partition coefficient (Wildman–Crippen LogP) is 5.92. The topological polar surface area (TPSA) is 98.2 Å². The lowest BCUT2D eigenvalue weighted by atomic mass is 10.0. The molecule has 6 rings (SSSR count). The molecule has 0 fully saturated rings. The Labute approximate surface area is 198 Å². The minimum atomic E-state index is -0.457. The van der Waals surface area contributed by atoms with Crippen LogP contribution in [0.2, 0.25) is 0 Å². The number of carbonyl (C=O) groups is 1. The summed E-state index contributed by atoms with van der Waals surface area (Å²) in [6.45, 7) is 0. The van der Waals surface area contributed by atoms with Gasteiger partial charge in [-0.05, 0) is 60.2 Å². The lowest BCUT2D eigenvalue weighted by molar-refractivity contribution is 0.102. The van der Waals surface area contributed by atoms with Crippen molar-refractivity contribution in [3.63, 3.8) is 0 Å². The fraction of sp³-hybridized carbons (Fsp3) is 0. The summed E-state index contributed by atoms with van der Waals surface area (Å²) < 4.78 is 11.2. The second-order valence-corrected chi connectivity index (χ2v) is 7.95. The third kappa shape index (κ3) is 3.95. The highest BCUT2D eigenvalue weighted by molar-refractivity contribution is 6.05. The van der Waals surface area contributed by atoms with Crippen molar-refractivity contribution in [1.82, 2.24) is 9.97 Å². The lowest BCUT2D eigenvalue weighted by Gasteiger charge is -2.08. The Morgan fingerprint density at radius 3 is 2.51 bits per heavy atom. The first-order chi connectivity index (χ1) is 17.1. The van der Waals surface area contributed by atoms with Crippen molar-refractivity contribution in [2.45, 2.75) is 0 Å². The van der Waals surface area contributed by atoms with Crippen LogP contribution in [0.15, 0.2) is 111 Å². The molecule has 1 amide bonds. The molecule has 7 nitrogen and oxygen atoms in total. The standard InChI is InChI=1S/C28H17N3O4/c32-26(30-21-10-4-9-20(15-21)27-31-25-24(34-27)12-5-13-29-25)19-8-3-7-17(14-19)22-16-18-6-1-2-11-23(18)35-28(22)33/h1-16H,(H,30,32). The van der Waals surface area contributed by atoms with Crippen molar-refractivity contribution in [3.05, 3.63) is 113 Å². The van der Waals surface area contributed by atoms with E-state index in [0.717, 1.165) is 5.39 Å². The third-order valence-electron chi connectivity index (χ3n) is 5.61. The van der Waals surface area contributed by atoms with Crippen LogP contribution < -0.4 is 10.9 Å². The summed E-state index contributed by atoms with van der Waals surface area (Å²) in [6.07, 6.45) is 1.65. The molecule has 0 radical (unpaired) electrons. The number of anilines is 1. The Balaban J connectivity index is 1.28. The number of para-hydroxylation sites is 1. The van der Waals surface area contributed by atoms with Gasteiger partial charge in [0.25, 0.3) is 5.91 Å². The van der Waals surface area contributed by atoms with Crippen LogP contribution in [0.25, 0.3) is 44.8 Å². The molecule has 35 heavy (non-hydrogen) atoms. The first-order valence-corrected chi connectivity index (χ1v) is 10.9. The first kappa shape index (κ1) is 20.6. The number of hydrogen-bond acceptors (Lipinski definition) is 6. The van der Waals surface area contributed by atoms with E-state index < -0.39 is 5.63 Å². The molecule has 1 N–H and O–H groups in total. The fourth-order valence-corrected chi connectivity index (χ4v) is 3.92. The van der Waals surface area contributed by atoms with Crippen molar-refractivity contribution in [3.8, 4) is 22.6 Å². The largest absolute Gasteiger partial charge is 0.434 e. The average molecular weight is 459 g/mol. The zero-order valence-corrected chi connectivity index (χ0v) is 18.3. The second-order valence-electron chi connectivity index (χ2n) is 7.95. The number of rotatable bonds is 4. The number of amides is 1. The summed E-state index contributed by atoms with van der Waals surface area (Å²) in [5.41, 5.74) is 3.87. The van der Waals surface area contributed by atoms with Gasteiger partial charge in [-0.15, -0.1) is 0 Å². The fourth-order valence-electron chi connectivity index (χ4n) is 3.92. The SMILES string of the molecule is O=C(Nc1cccc(-c2nc3ncccc3o2)c1)c1cccc(-c2cc3ccccc3oc2=O)c1. The molecule has 3 aromatic carbocycles. The molecular weight excluding hydrogens is 442 g/mol. The van der Waals surface area contributed by atoms with Crippen LogP contribution in [0.1, 0.15) is 10.4 Å². The van der Waals surface area contributed by atoms with E-state index in [-0.39, 0.29) is 5.91 Å². The van der Waals surface area contributed by atoms with Gasteiger partial charge in [-0.1, -0.05) is 36.4 Å². The van der Waals surface area contributed by atoms with E-state index in [1.165, 1.54) is 0 Å². The third-order valence-corrected chi connectivity index (χ3v) is 5.61. The summed E-state index contributed by atoms with van der Waals surface area (Å²) >= 11 is 0. The van der Waals surface area contributed by atoms with Crippen LogP contribution in [0, 0.1) is 0 Å². The van der Waals surface area contributed by atoms with E-state index in [2.05, 4.69) is 15.3 Å². The predicted molar refractivity (Wildman–Crippen MR) is 133 cm³/mol. The number of oxazole rings is 1. The highest BCUT2D eigenvalue weighted by atomic mass is 16.4. The van der Waals surface area contributed by atoms with Gasteiger partial charge >= 0.3 is 5.63 Å². The van der Waals surface area contributed by atoms with Gasteiger partial charge in [-0.3, -0.25) is 4.79 Å². The Morgan fingerprint density at radius 1 is 0.771 bits per heavy atom. The number of pyridine rings is 1. The molecule has 0 bridgehead atoms. The van der Waals surface area contributed by atoms with Crippen LogP contribution in [-0.2, 0) is 0 Å². The molecule has 6 aromatic rings. The molecule has 0 aliphatic heterocycles. The van der Waals surface area contributed by atoms with Crippen LogP contribution >= 0.6 is 0 Å². The molecule has 3 aromatic heterocycles. The summed E-state index contributed by atoms with van der Waals surface area (Å²) in [6, 6.07) is 26.8. The number of nitrogens with one attached hydrogen (secondary N) is 1. The molecule has 0 unspecified atom stereocenters. The quantitative estimate of drug-likeness (QED) is 0.329. The molecule has 7 heteroatoms. The van der Waals surface area contributed by atoms with E-state index in [1.54, 1.807) is 66.9 Å². The molecule has 0 spiro atoms. The van der Waals surface area contributed by atoms with E-state index in [0.29, 0.717) is 50.6 Å². The first-order valence-electron chi connectivity index (χ1n) is 10.9. The van der Waals surface area contributed by atoms with E-state index in [1.807, 2.05) is 30.3 Å².